The average molecular weight is 357 g/mol. The molecule has 25 heavy (non-hydrogen) atoms. The summed E-state index contributed by atoms with van der Waals surface area (Å²) in [7, 11) is 0. The molecule has 5 nitrogen and oxygen atoms in total. The third-order valence-corrected chi connectivity index (χ3v) is 5.45. The van der Waals surface area contributed by atoms with Gasteiger partial charge in [0.1, 0.15) is 5.76 Å². The van der Waals surface area contributed by atoms with E-state index in [0.717, 1.165) is 74.4 Å². The number of morpholine rings is 1. The first-order valence-corrected chi connectivity index (χ1v) is 9.65. The first-order chi connectivity index (χ1) is 12.4. The number of ether oxygens (including phenoxy) is 1. The molecule has 1 fully saturated rings. The van der Waals surface area contributed by atoms with Gasteiger partial charge in [0, 0.05) is 13.1 Å². The normalized spacial score (nSPS) is 15.8. The summed E-state index contributed by atoms with van der Waals surface area (Å²) in [6, 6.07) is 12.2. The molecule has 1 N–H and O–H groups in total. The van der Waals surface area contributed by atoms with Crippen LogP contribution in [0, 0.1) is 0 Å². The summed E-state index contributed by atoms with van der Waals surface area (Å²) >= 11 is 1.67. The molecular formula is C19H23N3O2S. The van der Waals surface area contributed by atoms with Gasteiger partial charge >= 0.3 is 0 Å². The Hall–Kier alpha value is -1.73. The summed E-state index contributed by atoms with van der Waals surface area (Å²) < 4.78 is 12.5. The number of rotatable bonds is 7. The second kappa shape index (κ2) is 8.10. The van der Waals surface area contributed by atoms with Crippen LogP contribution in [-0.2, 0) is 11.3 Å². The van der Waals surface area contributed by atoms with Crippen LogP contribution in [0.15, 0.2) is 40.8 Å². The molecule has 1 saturated heterocycles. The molecule has 0 atom stereocenters. The lowest BCUT2D eigenvalue weighted by Crippen LogP contribution is -2.37. The minimum Gasteiger partial charge on any atom is -0.457 e. The quantitative estimate of drug-likeness (QED) is 0.657. The number of benzene rings is 1. The van der Waals surface area contributed by atoms with Gasteiger partial charge in [-0.25, -0.2) is 4.98 Å². The maximum atomic E-state index is 5.95. The maximum Gasteiger partial charge on any atom is 0.163 e. The zero-order chi connectivity index (χ0) is 16.9. The van der Waals surface area contributed by atoms with Crippen LogP contribution >= 0.6 is 11.3 Å². The number of thiazole rings is 1. The Kier molecular flexibility index (Phi) is 5.42. The predicted molar refractivity (Wildman–Crippen MR) is 101 cm³/mol. The number of nitrogens with zero attached hydrogens (tertiary/aromatic N) is 2. The van der Waals surface area contributed by atoms with E-state index in [9.17, 15) is 0 Å². The van der Waals surface area contributed by atoms with Crippen molar-refractivity contribution in [2.24, 2.45) is 0 Å². The molecule has 132 valence electrons. The van der Waals surface area contributed by atoms with E-state index in [1.165, 1.54) is 4.70 Å². The Morgan fingerprint density at radius 3 is 2.88 bits per heavy atom. The van der Waals surface area contributed by atoms with Gasteiger partial charge in [-0.05, 0) is 43.8 Å². The molecule has 0 bridgehead atoms. The number of aromatic nitrogens is 1. The van der Waals surface area contributed by atoms with E-state index in [1.807, 2.05) is 30.3 Å². The number of para-hydroxylation sites is 1. The monoisotopic (exact) mass is 357 g/mol. The summed E-state index contributed by atoms with van der Waals surface area (Å²) in [4.78, 5) is 7.11. The van der Waals surface area contributed by atoms with E-state index in [0.29, 0.717) is 0 Å². The highest BCUT2D eigenvalue weighted by atomic mass is 32.1. The molecule has 0 radical (unpaired) electrons. The van der Waals surface area contributed by atoms with Gasteiger partial charge in [0.15, 0.2) is 10.8 Å². The highest BCUT2D eigenvalue weighted by molar-refractivity contribution is 7.21. The van der Waals surface area contributed by atoms with Crippen molar-refractivity contribution in [2.45, 2.75) is 13.0 Å². The number of nitrogens with one attached hydrogen (secondary N) is 1. The molecule has 1 aliphatic rings. The standard InChI is InChI=1S/C19H23N3O2S/c1-2-5-18-16(4-1)21-19(25-18)17-7-6-15(24-17)14-20-8-3-9-22-10-12-23-13-11-22/h1-2,4-7,20H,3,8-14H2. The summed E-state index contributed by atoms with van der Waals surface area (Å²) in [5.41, 5.74) is 1.03. The second-order valence-corrected chi connectivity index (χ2v) is 7.27. The Bertz CT molecular complexity index is 775. The van der Waals surface area contributed by atoms with Crippen molar-refractivity contribution >= 4 is 21.6 Å². The van der Waals surface area contributed by atoms with Gasteiger partial charge in [0.2, 0.25) is 0 Å². The van der Waals surface area contributed by atoms with E-state index < -0.39 is 0 Å². The summed E-state index contributed by atoms with van der Waals surface area (Å²) in [6.07, 6.45) is 1.14. The smallest absolute Gasteiger partial charge is 0.163 e. The fourth-order valence-electron chi connectivity index (χ4n) is 3.03. The van der Waals surface area contributed by atoms with Gasteiger partial charge in [0.25, 0.3) is 0 Å². The van der Waals surface area contributed by atoms with Crippen molar-refractivity contribution in [3.63, 3.8) is 0 Å². The molecule has 2 aromatic heterocycles. The van der Waals surface area contributed by atoms with Crippen molar-refractivity contribution < 1.29 is 9.15 Å². The summed E-state index contributed by atoms with van der Waals surface area (Å²) in [5.74, 6) is 1.81. The third kappa shape index (κ3) is 4.27. The minimum atomic E-state index is 0.758. The van der Waals surface area contributed by atoms with Gasteiger partial charge in [-0.15, -0.1) is 11.3 Å². The topological polar surface area (TPSA) is 50.5 Å². The van der Waals surface area contributed by atoms with Crippen LogP contribution in [0.25, 0.3) is 21.0 Å². The van der Waals surface area contributed by atoms with Crippen LogP contribution in [0.3, 0.4) is 0 Å². The van der Waals surface area contributed by atoms with Gasteiger partial charge < -0.3 is 14.5 Å². The summed E-state index contributed by atoms with van der Waals surface area (Å²) in [6.45, 7) is 6.74. The lowest BCUT2D eigenvalue weighted by Gasteiger charge is -2.26. The first kappa shape index (κ1) is 16.7. The zero-order valence-electron chi connectivity index (χ0n) is 14.2. The van der Waals surface area contributed by atoms with Crippen LogP contribution in [-0.4, -0.2) is 49.3 Å². The van der Waals surface area contributed by atoms with Gasteiger partial charge in [-0.1, -0.05) is 12.1 Å². The van der Waals surface area contributed by atoms with Crippen molar-refractivity contribution in [3.8, 4) is 10.8 Å². The van der Waals surface area contributed by atoms with Gasteiger partial charge in [-0.3, -0.25) is 4.90 Å². The zero-order valence-corrected chi connectivity index (χ0v) is 15.1. The Balaban J connectivity index is 1.25. The summed E-state index contributed by atoms with van der Waals surface area (Å²) in [5, 5.41) is 4.41. The molecular weight excluding hydrogens is 334 g/mol. The number of hydrogen-bond acceptors (Lipinski definition) is 6. The molecule has 0 unspecified atom stereocenters. The average Bonchev–Trinajstić information content (AvgIpc) is 3.29. The van der Waals surface area contributed by atoms with Crippen LogP contribution in [0.1, 0.15) is 12.2 Å². The van der Waals surface area contributed by atoms with Crippen molar-refractivity contribution in [2.75, 3.05) is 39.4 Å². The fourth-order valence-corrected chi connectivity index (χ4v) is 3.96. The minimum absolute atomic E-state index is 0.758. The van der Waals surface area contributed by atoms with Crippen molar-refractivity contribution in [1.29, 1.82) is 0 Å². The van der Waals surface area contributed by atoms with Gasteiger partial charge in [-0.2, -0.15) is 0 Å². The number of fused-ring (bicyclic) bond motifs is 1. The predicted octanol–water partition coefficient (Wildman–Crippen LogP) is 3.37. The van der Waals surface area contributed by atoms with Crippen LogP contribution in [0.2, 0.25) is 0 Å². The highest BCUT2D eigenvalue weighted by Gasteiger charge is 2.11. The molecule has 0 aliphatic carbocycles. The Morgan fingerprint density at radius 1 is 1.12 bits per heavy atom. The van der Waals surface area contributed by atoms with Gasteiger partial charge in [0.05, 0.1) is 30.0 Å². The molecule has 4 rings (SSSR count). The molecule has 0 amide bonds. The fraction of sp³-hybridized carbons (Fsp3) is 0.421. The highest BCUT2D eigenvalue weighted by Crippen LogP contribution is 2.31. The maximum absolute atomic E-state index is 5.95. The van der Waals surface area contributed by atoms with E-state index in [-0.39, 0.29) is 0 Å². The van der Waals surface area contributed by atoms with E-state index in [1.54, 1.807) is 11.3 Å². The lowest BCUT2D eigenvalue weighted by molar-refractivity contribution is 0.0374. The molecule has 1 aliphatic heterocycles. The van der Waals surface area contributed by atoms with E-state index in [4.69, 9.17) is 9.15 Å². The molecule has 3 heterocycles. The Morgan fingerprint density at radius 2 is 2.00 bits per heavy atom. The van der Waals surface area contributed by atoms with Crippen LogP contribution in [0.4, 0.5) is 0 Å². The molecule has 3 aromatic rings. The third-order valence-electron chi connectivity index (χ3n) is 4.40. The largest absolute Gasteiger partial charge is 0.457 e. The van der Waals surface area contributed by atoms with Crippen LogP contribution < -0.4 is 5.32 Å². The first-order valence-electron chi connectivity index (χ1n) is 8.84. The van der Waals surface area contributed by atoms with E-state index in [2.05, 4.69) is 21.3 Å². The Labute approximate surface area is 151 Å². The number of hydrogen-bond donors (Lipinski definition) is 1. The molecule has 0 saturated carbocycles. The van der Waals surface area contributed by atoms with Crippen LogP contribution in [0.5, 0.6) is 0 Å². The van der Waals surface area contributed by atoms with Crippen molar-refractivity contribution in [1.82, 2.24) is 15.2 Å². The molecule has 0 spiro atoms. The second-order valence-electron chi connectivity index (χ2n) is 6.24. The SMILES string of the molecule is c1ccc2sc(-c3ccc(CNCCCN4CCOCC4)o3)nc2c1. The molecule has 6 heteroatoms. The lowest BCUT2D eigenvalue weighted by atomic mass is 10.3. The van der Waals surface area contributed by atoms with Crippen molar-refractivity contribution in [3.05, 3.63) is 42.2 Å². The molecule has 1 aromatic carbocycles. The number of furan rings is 1. The van der Waals surface area contributed by atoms with E-state index >= 15 is 0 Å².